The van der Waals surface area contributed by atoms with E-state index in [0.29, 0.717) is 11.6 Å². The molecular formula is C15H16FNO2. The minimum absolute atomic E-state index is 0.0816. The average Bonchev–Trinajstić information content (AvgIpc) is 2.38. The van der Waals surface area contributed by atoms with Crippen molar-refractivity contribution >= 4 is 0 Å². The molecule has 0 aliphatic carbocycles. The zero-order valence-electron chi connectivity index (χ0n) is 10.9. The predicted molar refractivity (Wildman–Crippen MR) is 70.7 cm³/mol. The van der Waals surface area contributed by atoms with Crippen LogP contribution in [0.15, 0.2) is 36.4 Å². The van der Waals surface area contributed by atoms with E-state index in [1.54, 1.807) is 18.2 Å². The third kappa shape index (κ3) is 3.51. The van der Waals surface area contributed by atoms with Crippen LogP contribution in [0.5, 0.6) is 11.6 Å². The Labute approximate surface area is 111 Å². The Morgan fingerprint density at radius 1 is 1.26 bits per heavy atom. The molecule has 1 aromatic heterocycles. The maximum absolute atomic E-state index is 13.1. The highest BCUT2D eigenvalue weighted by atomic mass is 19.1. The Balaban J connectivity index is 2.31. The number of hydrogen-bond donors (Lipinski definition) is 1. The van der Waals surface area contributed by atoms with Crippen molar-refractivity contribution in [1.82, 2.24) is 4.98 Å². The Bertz CT molecular complexity index is 570. The van der Waals surface area contributed by atoms with Crippen LogP contribution in [0.1, 0.15) is 31.0 Å². The van der Waals surface area contributed by atoms with Crippen molar-refractivity contribution in [2.24, 2.45) is 0 Å². The van der Waals surface area contributed by atoms with E-state index in [2.05, 4.69) is 4.98 Å². The molecule has 1 aromatic carbocycles. The van der Waals surface area contributed by atoms with Gasteiger partial charge in [-0.05, 0) is 29.7 Å². The molecule has 1 N–H and O–H groups in total. The van der Waals surface area contributed by atoms with Gasteiger partial charge in [-0.3, -0.25) is 0 Å². The fraction of sp³-hybridized carbons (Fsp3) is 0.267. The van der Waals surface area contributed by atoms with Gasteiger partial charge in [0.2, 0.25) is 5.88 Å². The molecule has 1 heterocycles. The molecule has 0 amide bonds. The number of nitrogens with zero attached hydrogens (tertiary/aromatic N) is 1. The first-order valence-corrected chi connectivity index (χ1v) is 6.13. The minimum Gasteiger partial charge on any atom is -0.439 e. The number of hydrogen-bond acceptors (Lipinski definition) is 3. The van der Waals surface area contributed by atoms with Crippen LogP contribution in [0.3, 0.4) is 0 Å². The number of aliphatic hydroxyl groups excluding tert-OH is 1. The number of halogens is 1. The van der Waals surface area contributed by atoms with Crippen LogP contribution in [0.25, 0.3) is 0 Å². The average molecular weight is 261 g/mol. The summed E-state index contributed by atoms with van der Waals surface area (Å²) in [6.45, 7) is 3.94. The number of ether oxygens (including phenoxy) is 1. The van der Waals surface area contributed by atoms with Gasteiger partial charge in [-0.2, -0.15) is 0 Å². The maximum Gasteiger partial charge on any atom is 0.219 e. The summed E-state index contributed by atoms with van der Waals surface area (Å²) < 4.78 is 18.6. The molecule has 0 bridgehead atoms. The van der Waals surface area contributed by atoms with Crippen molar-refractivity contribution in [2.75, 3.05) is 0 Å². The summed E-state index contributed by atoms with van der Waals surface area (Å²) in [7, 11) is 0. The minimum atomic E-state index is -0.361. The lowest BCUT2D eigenvalue weighted by Crippen LogP contribution is -1.98. The number of pyridine rings is 1. The second-order valence-electron chi connectivity index (χ2n) is 4.61. The van der Waals surface area contributed by atoms with E-state index in [0.717, 1.165) is 11.3 Å². The summed E-state index contributed by atoms with van der Waals surface area (Å²) in [5.74, 6) is 0.611. The molecule has 0 saturated heterocycles. The molecule has 100 valence electrons. The molecule has 0 spiro atoms. The second kappa shape index (κ2) is 5.80. The van der Waals surface area contributed by atoms with Crippen LogP contribution >= 0.6 is 0 Å². The lowest BCUT2D eigenvalue weighted by atomic mass is 10.1. The third-order valence-corrected chi connectivity index (χ3v) is 2.67. The largest absolute Gasteiger partial charge is 0.439 e. The third-order valence-electron chi connectivity index (χ3n) is 2.67. The predicted octanol–water partition coefficient (Wildman–Crippen LogP) is 3.63. The van der Waals surface area contributed by atoms with Crippen molar-refractivity contribution in [2.45, 2.75) is 26.4 Å². The van der Waals surface area contributed by atoms with E-state index in [4.69, 9.17) is 4.74 Å². The summed E-state index contributed by atoms with van der Waals surface area (Å²) in [6, 6.07) is 9.36. The van der Waals surface area contributed by atoms with Crippen LogP contribution in [0, 0.1) is 5.82 Å². The smallest absolute Gasteiger partial charge is 0.219 e. The van der Waals surface area contributed by atoms with Gasteiger partial charge in [0.1, 0.15) is 11.6 Å². The fourth-order valence-electron chi connectivity index (χ4n) is 1.67. The zero-order chi connectivity index (χ0) is 13.8. The Hall–Kier alpha value is -1.94. The van der Waals surface area contributed by atoms with E-state index < -0.39 is 0 Å². The van der Waals surface area contributed by atoms with E-state index in [1.165, 1.54) is 12.1 Å². The standard InChI is InChI=1S/C15H16FNO2/c1-10(2)14-6-11(9-18)7-15(17-14)19-13-5-3-4-12(16)8-13/h3-8,10,18H,9H2,1-2H3. The van der Waals surface area contributed by atoms with Gasteiger partial charge >= 0.3 is 0 Å². The summed E-state index contributed by atoms with van der Waals surface area (Å²) in [4.78, 5) is 4.35. The van der Waals surface area contributed by atoms with E-state index >= 15 is 0 Å². The van der Waals surface area contributed by atoms with Crippen molar-refractivity contribution in [3.05, 3.63) is 53.5 Å². The van der Waals surface area contributed by atoms with Gasteiger partial charge < -0.3 is 9.84 Å². The van der Waals surface area contributed by atoms with Gasteiger partial charge in [-0.25, -0.2) is 9.37 Å². The van der Waals surface area contributed by atoms with Gasteiger partial charge in [-0.15, -0.1) is 0 Å². The first-order chi connectivity index (χ1) is 9.08. The molecule has 0 atom stereocenters. The Morgan fingerprint density at radius 2 is 2.05 bits per heavy atom. The maximum atomic E-state index is 13.1. The molecule has 19 heavy (non-hydrogen) atoms. The highest BCUT2D eigenvalue weighted by Gasteiger charge is 2.08. The van der Waals surface area contributed by atoms with Crippen LogP contribution in [0.2, 0.25) is 0 Å². The molecule has 3 nitrogen and oxygen atoms in total. The molecule has 0 unspecified atom stereocenters. The molecule has 0 aliphatic rings. The van der Waals surface area contributed by atoms with Gasteiger partial charge in [0.25, 0.3) is 0 Å². The van der Waals surface area contributed by atoms with Crippen LogP contribution < -0.4 is 4.74 Å². The summed E-state index contributed by atoms with van der Waals surface area (Å²) in [5, 5.41) is 9.24. The Morgan fingerprint density at radius 3 is 2.68 bits per heavy atom. The monoisotopic (exact) mass is 261 g/mol. The summed E-state index contributed by atoms with van der Waals surface area (Å²) in [5.41, 5.74) is 1.56. The summed E-state index contributed by atoms with van der Waals surface area (Å²) in [6.07, 6.45) is 0. The lowest BCUT2D eigenvalue weighted by Gasteiger charge is -2.11. The van der Waals surface area contributed by atoms with Crippen LogP contribution in [-0.2, 0) is 6.61 Å². The van der Waals surface area contributed by atoms with E-state index in [-0.39, 0.29) is 18.3 Å². The molecule has 4 heteroatoms. The van der Waals surface area contributed by atoms with E-state index in [9.17, 15) is 9.50 Å². The fourth-order valence-corrected chi connectivity index (χ4v) is 1.67. The number of rotatable bonds is 4. The van der Waals surface area contributed by atoms with Crippen molar-refractivity contribution in [3.63, 3.8) is 0 Å². The molecule has 2 rings (SSSR count). The zero-order valence-corrected chi connectivity index (χ0v) is 10.9. The highest BCUT2D eigenvalue weighted by Crippen LogP contribution is 2.24. The second-order valence-corrected chi connectivity index (χ2v) is 4.61. The molecule has 0 radical (unpaired) electrons. The van der Waals surface area contributed by atoms with Gasteiger partial charge in [0, 0.05) is 17.8 Å². The van der Waals surface area contributed by atoms with Gasteiger partial charge in [0.05, 0.1) is 6.61 Å². The van der Waals surface area contributed by atoms with Crippen molar-refractivity contribution in [3.8, 4) is 11.6 Å². The molecular weight excluding hydrogens is 245 g/mol. The molecule has 0 saturated carbocycles. The van der Waals surface area contributed by atoms with Gasteiger partial charge in [0.15, 0.2) is 0 Å². The quantitative estimate of drug-likeness (QED) is 0.913. The van der Waals surface area contributed by atoms with Crippen molar-refractivity contribution in [1.29, 1.82) is 0 Å². The van der Waals surface area contributed by atoms with E-state index in [1.807, 2.05) is 19.9 Å². The topological polar surface area (TPSA) is 42.4 Å². The van der Waals surface area contributed by atoms with Crippen LogP contribution in [-0.4, -0.2) is 10.1 Å². The number of aromatic nitrogens is 1. The van der Waals surface area contributed by atoms with Gasteiger partial charge in [-0.1, -0.05) is 19.9 Å². The normalized spacial score (nSPS) is 10.8. The highest BCUT2D eigenvalue weighted by molar-refractivity contribution is 5.31. The molecule has 2 aromatic rings. The first-order valence-electron chi connectivity index (χ1n) is 6.13. The van der Waals surface area contributed by atoms with Crippen LogP contribution in [0.4, 0.5) is 4.39 Å². The SMILES string of the molecule is CC(C)c1cc(CO)cc(Oc2cccc(F)c2)n1. The molecule has 0 fully saturated rings. The first kappa shape index (κ1) is 13.5. The lowest BCUT2D eigenvalue weighted by molar-refractivity contribution is 0.280. The number of benzene rings is 1. The number of aliphatic hydroxyl groups is 1. The van der Waals surface area contributed by atoms with Crippen molar-refractivity contribution < 1.29 is 14.2 Å². The Kier molecular flexibility index (Phi) is 4.12. The summed E-state index contributed by atoms with van der Waals surface area (Å²) >= 11 is 0. The molecule has 0 aliphatic heterocycles.